The molecule has 1 aromatic carbocycles. The highest BCUT2D eigenvalue weighted by molar-refractivity contribution is 8.02. The molecule has 0 amide bonds. The van der Waals surface area contributed by atoms with Gasteiger partial charge in [0.15, 0.2) is 0 Å². The molecule has 0 unspecified atom stereocenters. The van der Waals surface area contributed by atoms with Gasteiger partial charge in [-0.25, -0.2) is 0 Å². The summed E-state index contributed by atoms with van der Waals surface area (Å²) in [6.45, 7) is 0.136. The zero-order chi connectivity index (χ0) is 9.52. The minimum absolute atomic E-state index is 0.136. The molecule has 72 valence electrons. The van der Waals surface area contributed by atoms with Gasteiger partial charge in [0.25, 0.3) is 0 Å². The van der Waals surface area contributed by atoms with E-state index in [1.807, 2.05) is 41.7 Å². The predicted octanol–water partition coefficient (Wildman–Crippen LogP) is 2.63. The Hall–Kier alpha value is -0.120. The van der Waals surface area contributed by atoms with Crippen molar-refractivity contribution in [2.45, 2.75) is 11.5 Å². The van der Waals surface area contributed by atoms with Gasteiger partial charge in [-0.2, -0.15) is 11.8 Å². The van der Waals surface area contributed by atoms with Gasteiger partial charge < -0.3 is 5.11 Å². The van der Waals surface area contributed by atoms with E-state index in [0.717, 1.165) is 11.3 Å². The van der Waals surface area contributed by atoms with Crippen LogP contribution >= 0.6 is 23.5 Å². The van der Waals surface area contributed by atoms with Crippen LogP contribution in [0.2, 0.25) is 0 Å². The van der Waals surface area contributed by atoms with E-state index in [2.05, 4.69) is 12.3 Å². The summed E-state index contributed by atoms with van der Waals surface area (Å²) in [6.07, 6.45) is 2.12. The lowest BCUT2D eigenvalue weighted by Crippen LogP contribution is -1.85. The average molecular weight is 214 g/mol. The third-order valence-corrected chi connectivity index (χ3v) is 3.50. The molecule has 0 bridgehead atoms. The fourth-order valence-corrected chi connectivity index (χ4v) is 2.62. The van der Waals surface area contributed by atoms with Crippen molar-refractivity contribution in [1.82, 2.24) is 0 Å². The van der Waals surface area contributed by atoms with Gasteiger partial charge in [0.05, 0.1) is 6.61 Å². The Labute approximate surface area is 87.9 Å². The molecule has 0 radical (unpaired) electrons. The van der Waals surface area contributed by atoms with Crippen LogP contribution in [0.4, 0.5) is 0 Å². The fraction of sp³-hybridized carbons (Fsp3) is 0.400. The summed E-state index contributed by atoms with van der Waals surface area (Å²) >= 11 is 3.70. The van der Waals surface area contributed by atoms with Crippen LogP contribution in [0.3, 0.4) is 0 Å². The Morgan fingerprint density at radius 1 is 1.31 bits per heavy atom. The molecule has 1 nitrogen and oxygen atoms in total. The molecule has 0 aromatic heterocycles. The quantitative estimate of drug-likeness (QED) is 0.601. The van der Waals surface area contributed by atoms with E-state index in [0.29, 0.717) is 0 Å². The fourth-order valence-electron chi connectivity index (χ4n) is 0.976. The lowest BCUT2D eigenvalue weighted by Gasteiger charge is -2.02. The van der Waals surface area contributed by atoms with Crippen molar-refractivity contribution >= 4 is 23.5 Å². The topological polar surface area (TPSA) is 20.2 Å². The maximum absolute atomic E-state index is 8.92. The summed E-state index contributed by atoms with van der Waals surface area (Å²) in [5.41, 5.74) is 0.995. The molecule has 1 aromatic rings. The second kappa shape index (κ2) is 6.35. The zero-order valence-electron chi connectivity index (χ0n) is 7.69. The number of hydrogen-bond donors (Lipinski definition) is 1. The maximum atomic E-state index is 8.92. The van der Waals surface area contributed by atoms with Gasteiger partial charge >= 0.3 is 0 Å². The van der Waals surface area contributed by atoms with E-state index in [1.54, 1.807) is 0 Å². The Morgan fingerprint density at radius 3 is 2.85 bits per heavy atom. The summed E-state index contributed by atoms with van der Waals surface area (Å²) in [5, 5.41) is 8.92. The molecule has 0 aliphatic rings. The number of aliphatic hydroxyl groups is 1. The van der Waals surface area contributed by atoms with E-state index < -0.39 is 0 Å². The van der Waals surface area contributed by atoms with Crippen molar-refractivity contribution < 1.29 is 5.11 Å². The van der Waals surface area contributed by atoms with Gasteiger partial charge in [0, 0.05) is 16.4 Å². The highest BCUT2D eigenvalue weighted by Gasteiger charge is 1.95. The van der Waals surface area contributed by atoms with Crippen LogP contribution in [-0.2, 0) is 6.61 Å². The van der Waals surface area contributed by atoms with Gasteiger partial charge in [-0.3, -0.25) is 0 Å². The first-order valence-electron chi connectivity index (χ1n) is 4.18. The number of hydrogen-bond acceptors (Lipinski definition) is 3. The largest absolute Gasteiger partial charge is 0.392 e. The lowest BCUT2D eigenvalue weighted by molar-refractivity contribution is 0.281. The van der Waals surface area contributed by atoms with Crippen molar-refractivity contribution in [3.8, 4) is 0 Å². The highest BCUT2D eigenvalue weighted by atomic mass is 32.2. The Balaban J connectivity index is 2.46. The second-order valence-corrected chi connectivity index (χ2v) is 4.80. The first-order chi connectivity index (χ1) is 6.36. The first-order valence-corrected chi connectivity index (χ1v) is 6.56. The molecule has 0 spiro atoms. The van der Waals surface area contributed by atoms with Crippen LogP contribution in [0.25, 0.3) is 0 Å². The van der Waals surface area contributed by atoms with Crippen LogP contribution in [-0.4, -0.2) is 22.9 Å². The average Bonchev–Trinajstić information content (AvgIpc) is 2.19. The highest BCUT2D eigenvalue weighted by Crippen LogP contribution is 2.19. The molecule has 0 heterocycles. The summed E-state index contributed by atoms with van der Waals surface area (Å²) in [6, 6.07) is 8.07. The standard InChI is InChI=1S/C10H14OS2/c1-12-5-6-13-10-4-2-3-9(7-10)8-11/h2-4,7,11H,5-6,8H2,1H3. The lowest BCUT2D eigenvalue weighted by atomic mass is 10.2. The van der Waals surface area contributed by atoms with Crippen molar-refractivity contribution in [3.63, 3.8) is 0 Å². The van der Waals surface area contributed by atoms with Crippen molar-refractivity contribution in [1.29, 1.82) is 0 Å². The monoisotopic (exact) mass is 214 g/mol. The normalized spacial score (nSPS) is 10.3. The van der Waals surface area contributed by atoms with Crippen LogP contribution in [0.15, 0.2) is 29.2 Å². The molecule has 0 aliphatic heterocycles. The molecule has 3 heteroatoms. The third kappa shape index (κ3) is 4.07. The molecule has 0 aliphatic carbocycles. The van der Waals surface area contributed by atoms with Crippen molar-refractivity contribution in [3.05, 3.63) is 29.8 Å². The summed E-state index contributed by atoms with van der Waals surface area (Å²) in [5.74, 6) is 2.31. The number of benzene rings is 1. The van der Waals surface area contributed by atoms with Gasteiger partial charge in [-0.15, -0.1) is 11.8 Å². The molecule has 1 rings (SSSR count). The molecule has 0 fully saturated rings. The molecule has 13 heavy (non-hydrogen) atoms. The second-order valence-electron chi connectivity index (χ2n) is 2.65. The van der Waals surface area contributed by atoms with Crippen molar-refractivity contribution in [2.75, 3.05) is 17.8 Å². The van der Waals surface area contributed by atoms with E-state index in [4.69, 9.17) is 5.11 Å². The molecule has 1 N–H and O–H groups in total. The first kappa shape index (κ1) is 11.0. The Kier molecular flexibility index (Phi) is 5.35. The van der Waals surface area contributed by atoms with E-state index in [-0.39, 0.29) is 6.61 Å². The number of thioether (sulfide) groups is 2. The van der Waals surface area contributed by atoms with Crippen LogP contribution in [0, 0.1) is 0 Å². The Morgan fingerprint density at radius 2 is 2.15 bits per heavy atom. The molecule has 0 atom stereocenters. The van der Waals surface area contributed by atoms with Gasteiger partial charge in [0.2, 0.25) is 0 Å². The molecular formula is C10H14OS2. The summed E-state index contributed by atoms with van der Waals surface area (Å²) < 4.78 is 0. The van der Waals surface area contributed by atoms with Crippen LogP contribution in [0.1, 0.15) is 5.56 Å². The van der Waals surface area contributed by atoms with Crippen LogP contribution in [0.5, 0.6) is 0 Å². The van der Waals surface area contributed by atoms with Gasteiger partial charge in [0.1, 0.15) is 0 Å². The Bertz CT molecular complexity index is 250. The minimum atomic E-state index is 0.136. The maximum Gasteiger partial charge on any atom is 0.0682 e. The van der Waals surface area contributed by atoms with Gasteiger partial charge in [-0.1, -0.05) is 12.1 Å². The van der Waals surface area contributed by atoms with E-state index in [9.17, 15) is 0 Å². The predicted molar refractivity (Wildman–Crippen MR) is 61.5 cm³/mol. The summed E-state index contributed by atoms with van der Waals surface area (Å²) in [4.78, 5) is 1.25. The number of aliphatic hydroxyl groups excluding tert-OH is 1. The van der Waals surface area contributed by atoms with Crippen LogP contribution < -0.4 is 0 Å². The third-order valence-electron chi connectivity index (χ3n) is 1.64. The molecule has 0 saturated heterocycles. The molecular weight excluding hydrogens is 200 g/mol. The zero-order valence-corrected chi connectivity index (χ0v) is 9.33. The summed E-state index contributed by atoms with van der Waals surface area (Å²) in [7, 11) is 0. The molecule has 0 saturated carbocycles. The van der Waals surface area contributed by atoms with E-state index in [1.165, 1.54) is 10.6 Å². The minimum Gasteiger partial charge on any atom is -0.392 e. The smallest absolute Gasteiger partial charge is 0.0682 e. The van der Waals surface area contributed by atoms with Gasteiger partial charge in [-0.05, 0) is 24.0 Å². The van der Waals surface area contributed by atoms with E-state index >= 15 is 0 Å². The SMILES string of the molecule is CSCCSc1cccc(CO)c1. The van der Waals surface area contributed by atoms with Crippen molar-refractivity contribution in [2.24, 2.45) is 0 Å². The number of rotatable bonds is 5.